The highest BCUT2D eigenvalue weighted by Gasteiger charge is 2.32. The summed E-state index contributed by atoms with van der Waals surface area (Å²) in [6.07, 6.45) is 6.25. The van der Waals surface area contributed by atoms with E-state index in [1.54, 1.807) is 0 Å². The van der Waals surface area contributed by atoms with E-state index in [0.717, 1.165) is 6.54 Å². The van der Waals surface area contributed by atoms with Crippen LogP contribution in [-0.2, 0) is 6.54 Å². The van der Waals surface area contributed by atoms with Gasteiger partial charge >= 0.3 is 0 Å². The standard InChI is InChI=1S/C16H25NO/c1-16(18,15-10-6-3-7-11-15)13-17-12-14-8-4-2-5-9-14/h2,4-5,8-9,15,17-18H,3,6-7,10-13H2,1H3. The monoisotopic (exact) mass is 247 g/mol. The van der Waals surface area contributed by atoms with E-state index >= 15 is 0 Å². The number of benzene rings is 1. The summed E-state index contributed by atoms with van der Waals surface area (Å²) in [7, 11) is 0. The van der Waals surface area contributed by atoms with Gasteiger partial charge < -0.3 is 10.4 Å². The van der Waals surface area contributed by atoms with Crippen molar-refractivity contribution in [3.63, 3.8) is 0 Å². The summed E-state index contributed by atoms with van der Waals surface area (Å²) in [6, 6.07) is 10.4. The molecule has 1 aromatic rings. The molecule has 0 aliphatic heterocycles. The Hall–Kier alpha value is -0.860. The highest BCUT2D eigenvalue weighted by Crippen LogP contribution is 2.32. The molecule has 0 saturated heterocycles. The average Bonchev–Trinajstić information content (AvgIpc) is 2.41. The minimum atomic E-state index is -0.560. The quantitative estimate of drug-likeness (QED) is 0.838. The lowest BCUT2D eigenvalue weighted by Crippen LogP contribution is -2.44. The van der Waals surface area contributed by atoms with Crippen molar-refractivity contribution < 1.29 is 5.11 Å². The van der Waals surface area contributed by atoms with Crippen molar-refractivity contribution in [2.24, 2.45) is 5.92 Å². The van der Waals surface area contributed by atoms with E-state index in [1.807, 2.05) is 13.0 Å². The van der Waals surface area contributed by atoms with Crippen LogP contribution in [0.3, 0.4) is 0 Å². The molecular weight excluding hydrogens is 222 g/mol. The molecule has 18 heavy (non-hydrogen) atoms. The highest BCUT2D eigenvalue weighted by atomic mass is 16.3. The van der Waals surface area contributed by atoms with Crippen molar-refractivity contribution in [3.05, 3.63) is 35.9 Å². The van der Waals surface area contributed by atoms with Crippen LogP contribution in [0.15, 0.2) is 30.3 Å². The maximum absolute atomic E-state index is 10.6. The molecule has 1 fully saturated rings. The molecule has 0 spiro atoms. The summed E-state index contributed by atoms with van der Waals surface area (Å²) in [4.78, 5) is 0. The molecule has 0 bridgehead atoms. The summed E-state index contributed by atoms with van der Waals surface area (Å²) in [5.41, 5.74) is 0.715. The first-order chi connectivity index (χ1) is 8.68. The SMILES string of the molecule is CC(O)(CNCc1ccccc1)C1CCCCC1. The second-order valence-electron chi connectivity index (χ2n) is 5.78. The molecule has 1 aliphatic carbocycles. The molecule has 1 saturated carbocycles. The van der Waals surface area contributed by atoms with Crippen LogP contribution in [0.4, 0.5) is 0 Å². The van der Waals surface area contributed by atoms with Gasteiger partial charge in [-0.1, -0.05) is 49.6 Å². The molecule has 2 N–H and O–H groups in total. The van der Waals surface area contributed by atoms with Gasteiger partial charge in [0.15, 0.2) is 0 Å². The van der Waals surface area contributed by atoms with Gasteiger partial charge in [0.05, 0.1) is 5.60 Å². The molecule has 2 rings (SSSR count). The fourth-order valence-corrected chi connectivity index (χ4v) is 2.92. The van der Waals surface area contributed by atoms with Crippen molar-refractivity contribution in [1.82, 2.24) is 5.32 Å². The predicted molar refractivity (Wildman–Crippen MR) is 75.3 cm³/mol. The van der Waals surface area contributed by atoms with Crippen molar-refractivity contribution in [2.45, 2.75) is 51.2 Å². The Labute approximate surface area is 110 Å². The van der Waals surface area contributed by atoms with Crippen LogP contribution in [0.2, 0.25) is 0 Å². The lowest BCUT2D eigenvalue weighted by atomic mass is 9.78. The lowest BCUT2D eigenvalue weighted by molar-refractivity contribution is -0.0154. The number of nitrogens with one attached hydrogen (secondary N) is 1. The smallest absolute Gasteiger partial charge is 0.0771 e. The van der Waals surface area contributed by atoms with E-state index in [-0.39, 0.29) is 0 Å². The van der Waals surface area contributed by atoms with Crippen LogP contribution in [0.25, 0.3) is 0 Å². The predicted octanol–water partition coefficient (Wildman–Crippen LogP) is 3.11. The Morgan fingerprint density at radius 2 is 1.83 bits per heavy atom. The van der Waals surface area contributed by atoms with Crippen molar-refractivity contribution in [3.8, 4) is 0 Å². The third-order valence-electron chi connectivity index (χ3n) is 4.14. The summed E-state index contributed by atoms with van der Waals surface area (Å²) in [6.45, 7) is 3.51. The molecule has 100 valence electrons. The molecular formula is C16H25NO. The second-order valence-corrected chi connectivity index (χ2v) is 5.78. The van der Waals surface area contributed by atoms with Gasteiger partial charge in [0, 0.05) is 13.1 Å². The molecule has 1 atom stereocenters. The Morgan fingerprint density at radius 3 is 2.50 bits per heavy atom. The minimum absolute atomic E-state index is 0.467. The molecule has 1 aromatic carbocycles. The fourth-order valence-electron chi connectivity index (χ4n) is 2.92. The van der Waals surface area contributed by atoms with Crippen molar-refractivity contribution >= 4 is 0 Å². The lowest BCUT2D eigenvalue weighted by Gasteiger charge is -2.35. The zero-order valence-electron chi connectivity index (χ0n) is 11.4. The molecule has 2 heteroatoms. The topological polar surface area (TPSA) is 32.3 Å². The van der Waals surface area contributed by atoms with Crippen LogP contribution in [-0.4, -0.2) is 17.3 Å². The zero-order chi connectivity index (χ0) is 12.8. The molecule has 0 aromatic heterocycles. The Balaban J connectivity index is 1.77. The van der Waals surface area contributed by atoms with E-state index in [4.69, 9.17) is 0 Å². The van der Waals surface area contributed by atoms with E-state index in [0.29, 0.717) is 12.5 Å². The minimum Gasteiger partial charge on any atom is -0.389 e. The van der Waals surface area contributed by atoms with Gasteiger partial charge in [-0.05, 0) is 31.2 Å². The first-order valence-electron chi connectivity index (χ1n) is 7.15. The van der Waals surface area contributed by atoms with Gasteiger partial charge in [0.1, 0.15) is 0 Å². The Kier molecular flexibility index (Phi) is 4.79. The summed E-state index contributed by atoms with van der Waals surface area (Å²) in [5, 5.41) is 13.9. The van der Waals surface area contributed by atoms with E-state index in [1.165, 1.54) is 37.7 Å². The third-order valence-corrected chi connectivity index (χ3v) is 4.14. The van der Waals surface area contributed by atoms with Crippen LogP contribution < -0.4 is 5.32 Å². The molecule has 1 aliphatic rings. The Bertz CT molecular complexity index is 341. The highest BCUT2D eigenvalue weighted by molar-refractivity contribution is 5.14. The van der Waals surface area contributed by atoms with Crippen LogP contribution >= 0.6 is 0 Å². The van der Waals surface area contributed by atoms with E-state index in [2.05, 4.69) is 29.6 Å². The second kappa shape index (κ2) is 6.35. The maximum Gasteiger partial charge on any atom is 0.0771 e. The molecule has 0 amide bonds. The normalized spacial score (nSPS) is 20.6. The van der Waals surface area contributed by atoms with Crippen LogP contribution in [0, 0.1) is 5.92 Å². The largest absolute Gasteiger partial charge is 0.389 e. The summed E-state index contributed by atoms with van der Waals surface area (Å²) >= 11 is 0. The first kappa shape index (κ1) is 13.6. The maximum atomic E-state index is 10.6. The number of hydrogen-bond acceptors (Lipinski definition) is 2. The van der Waals surface area contributed by atoms with Gasteiger partial charge in [-0.25, -0.2) is 0 Å². The Morgan fingerprint density at radius 1 is 1.17 bits per heavy atom. The summed E-state index contributed by atoms with van der Waals surface area (Å²) in [5.74, 6) is 0.467. The fraction of sp³-hybridized carbons (Fsp3) is 0.625. The number of aliphatic hydroxyl groups is 1. The van der Waals surface area contributed by atoms with E-state index in [9.17, 15) is 5.11 Å². The number of hydrogen-bond donors (Lipinski definition) is 2. The average molecular weight is 247 g/mol. The van der Waals surface area contributed by atoms with Crippen molar-refractivity contribution in [1.29, 1.82) is 0 Å². The van der Waals surface area contributed by atoms with Gasteiger partial charge in [0.25, 0.3) is 0 Å². The molecule has 0 radical (unpaired) electrons. The molecule has 0 heterocycles. The van der Waals surface area contributed by atoms with Crippen LogP contribution in [0.5, 0.6) is 0 Å². The van der Waals surface area contributed by atoms with Crippen molar-refractivity contribution in [2.75, 3.05) is 6.54 Å². The van der Waals surface area contributed by atoms with E-state index < -0.39 is 5.60 Å². The van der Waals surface area contributed by atoms with Gasteiger partial charge in [-0.3, -0.25) is 0 Å². The number of rotatable bonds is 5. The first-order valence-corrected chi connectivity index (χ1v) is 7.15. The van der Waals surface area contributed by atoms with Gasteiger partial charge in [0.2, 0.25) is 0 Å². The summed E-state index contributed by atoms with van der Waals surface area (Å²) < 4.78 is 0. The molecule has 1 unspecified atom stereocenters. The zero-order valence-corrected chi connectivity index (χ0v) is 11.4. The van der Waals surface area contributed by atoms with Crippen LogP contribution in [0.1, 0.15) is 44.6 Å². The van der Waals surface area contributed by atoms with Gasteiger partial charge in [-0.15, -0.1) is 0 Å². The third kappa shape index (κ3) is 3.82. The van der Waals surface area contributed by atoms with Gasteiger partial charge in [-0.2, -0.15) is 0 Å². The molecule has 2 nitrogen and oxygen atoms in total.